The standard InChI is InChI=1S/C16H22N2O3/c1-11-9-13-5-3-4-6-14(13)18(10-11)16(21)17-8-7-12(2)15(19)20/h3-6,11-12H,7-10H2,1-2H3,(H,17,21)(H,19,20). The summed E-state index contributed by atoms with van der Waals surface area (Å²) >= 11 is 0. The topological polar surface area (TPSA) is 69.6 Å². The number of anilines is 1. The fourth-order valence-electron chi connectivity index (χ4n) is 2.60. The molecule has 0 aliphatic carbocycles. The molecule has 0 spiro atoms. The number of amides is 2. The molecule has 2 unspecified atom stereocenters. The minimum atomic E-state index is -0.832. The molecule has 0 bridgehead atoms. The Bertz CT molecular complexity index is 530. The SMILES string of the molecule is CC1Cc2ccccc2N(C(=O)NCCC(C)C(=O)O)C1. The van der Waals surface area contributed by atoms with E-state index in [0.717, 1.165) is 12.1 Å². The van der Waals surface area contributed by atoms with E-state index in [0.29, 0.717) is 25.4 Å². The summed E-state index contributed by atoms with van der Waals surface area (Å²) in [6.45, 7) is 4.84. The van der Waals surface area contributed by atoms with Gasteiger partial charge in [-0.15, -0.1) is 0 Å². The molecular weight excluding hydrogens is 268 g/mol. The zero-order valence-corrected chi connectivity index (χ0v) is 12.5. The van der Waals surface area contributed by atoms with E-state index in [1.807, 2.05) is 18.2 Å². The third-order valence-electron chi connectivity index (χ3n) is 3.87. The number of hydrogen-bond donors (Lipinski definition) is 2. The summed E-state index contributed by atoms with van der Waals surface area (Å²) in [7, 11) is 0. The molecule has 2 N–H and O–H groups in total. The van der Waals surface area contributed by atoms with Crippen molar-refractivity contribution in [3.8, 4) is 0 Å². The minimum Gasteiger partial charge on any atom is -0.481 e. The van der Waals surface area contributed by atoms with Crippen molar-refractivity contribution in [2.24, 2.45) is 11.8 Å². The monoisotopic (exact) mass is 290 g/mol. The number of benzene rings is 1. The Hall–Kier alpha value is -2.04. The summed E-state index contributed by atoms with van der Waals surface area (Å²) in [6.07, 6.45) is 1.42. The van der Waals surface area contributed by atoms with E-state index in [4.69, 9.17) is 5.11 Å². The van der Waals surface area contributed by atoms with Gasteiger partial charge in [-0.1, -0.05) is 32.0 Å². The number of hydrogen-bond acceptors (Lipinski definition) is 2. The summed E-state index contributed by atoms with van der Waals surface area (Å²) in [5.74, 6) is -0.859. The molecule has 2 atom stereocenters. The van der Waals surface area contributed by atoms with Gasteiger partial charge in [0.15, 0.2) is 0 Å². The highest BCUT2D eigenvalue weighted by molar-refractivity contribution is 5.93. The predicted octanol–water partition coefficient (Wildman–Crippen LogP) is 2.51. The highest BCUT2D eigenvalue weighted by atomic mass is 16.4. The van der Waals surface area contributed by atoms with Crippen molar-refractivity contribution in [1.82, 2.24) is 5.32 Å². The lowest BCUT2D eigenvalue weighted by molar-refractivity contribution is -0.141. The first-order chi connectivity index (χ1) is 9.99. The summed E-state index contributed by atoms with van der Waals surface area (Å²) in [5, 5.41) is 11.7. The van der Waals surface area contributed by atoms with Crippen LogP contribution < -0.4 is 10.2 Å². The highest BCUT2D eigenvalue weighted by Crippen LogP contribution is 2.29. The second-order valence-corrected chi connectivity index (χ2v) is 5.81. The maximum atomic E-state index is 12.3. The van der Waals surface area contributed by atoms with E-state index in [1.54, 1.807) is 11.8 Å². The lowest BCUT2D eigenvalue weighted by Crippen LogP contribution is -2.45. The molecule has 2 rings (SSSR count). The average Bonchev–Trinajstić information content (AvgIpc) is 2.45. The van der Waals surface area contributed by atoms with Gasteiger partial charge >= 0.3 is 12.0 Å². The van der Waals surface area contributed by atoms with Crippen molar-refractivity contribution >= 4 is 17.7 Å². The quantitative estimate of drug-likeness (QED) is 0.895. The van der Waals surface area contributed by atoms with Crippen LogP contribution in [0.25, 0.3) is 0 Å². The molecule has 21 heavy (non-hydrogen) atoms. The lowest BCUT2D eigenvalue weighted by Gasteiger charge is -2.33. The number of nitrogens with one attached hydrogen (secondary N) is 1. The Morgan fingerprint density at radius 1 is 1.43 bits per heavy atom. The van der Waals surface area contributed by atoms with Crippen LogP contribution in [-0.4, -0.2) is 30.2 Å². The number of carboxylic acid groups (broad SMARTS) is 1. The normalized spacial score (nSPS) is 18.8. The third kappa shape index (κ3) is 3.74. The van der Waals surface area contributed by atoms with Gasteiger partial charge in [0.1, 0.15) is 0 Å². The lowest BCUT2D eigenvalue weighted by atomic mass is 9.94. The minimum absolute atomic E-state index is 0.147. The van der Waals surface area contributed by atoms with Crippen molar-refractivity contribution in [2.45, 2.75) is 26.7 Å². The molecule has 0 aromatic heterocycles. The van der Waals surface area contributed by atoms with Gasteiger partial charge in [-0.25, -0.2) is 4.79 Å². The molecule has 1 aliphatic heterocycles. The smallest absolute Gasteiger partial charge is 0.321 e. The van der Waals surface area contributed by atoms with Gasteiger partial charge in [0.25, 0.3) is 0 Å². The molecule has 2 amide bonds. The summed E-state index contributed by atoms with van der Waals surface area (Å²) in [5.41, 5.74) is 2.14. The molecule has 0 fully saturated rings. The molecule has 0 saturated heterocycles. The predicted molar refractivity (Wildman–Crippen MR) is 81.5 cm³/mol. The van der Waals surface area contributed by atoms with Gasteiger partial charge in [-0.05, 0) is 30.4 Å². The van der Waals surface area contributed by atoms with Crippen LogP contribution in [0, 0.1) is 11.8 Å². The Morgan fingerprint density at radius 3 is 2.86 bits per heavy atom. The van der Waals surface area contributed by atoms with Crippen LogP contribution in [0.2, 0.25) is 0 Å². The molecule has 1 aromatic carbocycles. The van der Waals surface area contributed by atoms with E-state index >= 15 is 0 Å². The van der Waals surface area contributed by atoms with Gasteiger partial charge < -0.3 is 10.4 Å². The number of aliphatic carboxylic acids is 1. The second-order valence-electron chi connectivity index (χ2n) is 5.81. The molecule has 1 aliphatic rings. The second kappa shape index (κ2) is 6.61. The Balaban J connectivity index is 1.98. The number of carbonyl (C=O) groups excluding carboxylic acids is 1. The van der Waals surface area contributed by atoms with Crippen LogP contribution in [-0.2, 0) is 11.2 Å². The fourth-order valence-corrected chi connectivity index (χ4v) is 2.60. The van der Waals surface area contributed by atoms with Crippen LogP contribution in [0.3, 0.4) is 0 Å². The van der Waals surface area contributed by atoms with Crippen LogP contribution in [0.15, 0.2) is 24.3 Å². The first-order valence-electron chi connectivity index (χ1n) is 7.35. The van der Waals surface area contributed by atoms with Crippen molar-refractivity contribution in [1.29, 1.82) is 0 Å². The largest absolute Gasteiger partial charge is 0.481 e. The van der Waals surface area contributed by atoms with Crippen LogP contribution in [0.4, 0.5) is 10.5 Å². The Kier molecular flexibility index (Phi) is 4.83. The van der Waals surface area contributed by atoms with Gasteiger partial charge in [-0.3, -0.25) is 9.69 Å². The van der Waals surface area contributed by atoms with Gasteiger partial charge in [0, 0.05) is 18.8 Å². The van der Waals surface area contributed by atoms with Crippen molar-refractivity contribution in [3.05, 3.63) is 29.8 Å². The summed E-state index contributed by atoms with van der Waals surface area (Å²) in [4.78, 5) is 24.8. The van der Waals surface area contributed by atoms with Crippen molar-refractivity contribution in [2.75, 3.05) is 18.0 Å². The highest BCUT2D eigenvalue weighted by Gasteiger charge is 2.25. The van der Waals surface area contributed by atoms with Crippen LogP contribution in [0.5, 0.6) is 0 Å². The van der Waals surface area contributed by atoms with Crippen LogP contribution >= 0.6 is 0 Å². The van der Waals surface area contributed by atoms with Gasteiger partial charge in [0.05, 0.1) is 5.92 Å². The number of urea groups is 1. The third-order valence-corrected chi connectivity index (χ3v) is 3.87. The molecule has 0 saturated carbocycles. The first-order valence-corrected chi connectivity index (χ1v) is 7.35. The van der Waals surface area contributed by atoms with E-state index in [-0.39, 0.29) is 6.03 Å². The maximum absolute atomic E-state index is 12.3. The number of carbonyl (C=O) groups is 2. The van der Waals surface area contributed by atoms with Crippen molar-refractivity contribution in [3.63, 3.8) is 0 Å². The van der Waals surface area contributed by atoms with E-state index in [1.165, 1.54) is 5.56 Å². The average molecular weight is 290 g/mol. The molecular formula is C16H22N2O3. The van der Waals surface area contributed by atoms with E-state index < -0.39 is 11.9 Å². The fraction of sp³-hybridized carbons (Fsp3) is 0.500. The summed E-state index contributed by atoms with van der Waals surface area (Å²) in [6, 6.07) is 7.79. The molecule has 5 nitrogen and oxygen atoms in total. The number of carboxylic acids is 1. The zero-order chi connectivity index (χ0) is 15.4. The number of nitrogens with zero attached hydrogens (tertiary/aromatic N) is 1. The van der Waals surface area contributed by atoms with E-state index in [9.17, 15) is 9.59 Å². The Labute approximate surface area is 125 Å². The summed E-state index contributed by atoms with van der Waals surface area (Å²) < 4.78 is 0. The molecule has 1 aromatic rings. The van der Waals surface area contributed by atoms with Crippen LogP contribution in [0.1, 0.15) is 25.8 Å². The number of rotatable bonds is 4. The Morgan fingerprint density at radius 2 is 2.14 bits per heavy atom. The van der Waals surface area contributed by atoms with Gasteiger partial charge in [0.2, 0.25) is 0 Å². The maximum Gasteiger partial charge on any atom is 0.321 e. The van der Waals surface area contributed by atoms with Gasteiger partial charge in [-0.2, -0.15) is 0 Å². The molecule has 0 radical (unpaired) electrons. The van der Waals surface area contributed by atoms with Crippen molar-refractivity contribution < 1.29 is 14.7 Å². The molecule has 1 heterocycles. The number of para-hydroxylation sites is 1. The first kappa shape index (κ1) is 15.4. The van der Waals surface area contributed by atoms with E-state index in [2.05, 4.69) is 18.3 Å². The zero-order valence-electron chi connectivity index (χ0n) is 12.5. The molecule has 114 valence electrons. The molecule has 5 heteroatoms. The number of fused-ring (bicyclic) bond motifs is 1.